The largest absolute Gasteiger partial charge is 0.249 e. The Bertz CT molecular complexity index is 281. The van der Waals surface area contributed by atoms with Gasteiger partial charge in [-0.2, -0.15) is 0 Å². The average Bonchev–Trinajstić information content (AvgIpc) is 2.95. The third kappa shape index (κ3) is 7.71. The first kappa shape index (κ1) is 16.7. The molecule has 0 radical (unpaired) electrons. The lowest BCUT2D eigenvalue weighted by molar-refractivity contribution is 0.492. The van der Waals surface area contributed by atoms with Gasteiger partial charge in [0, 0.05) is 17.5 Å². The van der Waals surface area contributed by atoms with Crippen LogP contribution >= 0.6 is 11.3 Å². The SMILES string of the molecule is CCCCCCCC(CCCCCC)c1nccs1. The monoisotopic (exact) mass is 281 g/mol. The molecule has 0 aliphatic heterocycles. The van der Waals surface area contributed by atoms with E-state index in [1.54, 1.807) is 0 Å². The van der Waals surface area contributed by atoms with E-state index in [1.807, 2.05) is 17.5 Å². The summed E-state index contributed by atoms with van der Waals surface area (Å²) in [5, 5.41) is 3.51. The number of hydrogen-bond acceptors (Lipinski definition) is 2. The van der Waals surface area contributed by atoms with Crippen LogP contribution in [0.4, 0.5) is 0 Å². The predicted molar refractivity (Wildman–Crippen MR) is 87.0 cm³/mol. The van der Waals surface area contributed by atoms with Crippen LogP contribution in [-0.4, -0.2) is 4.98 Å². The second-order valence-electron chi connectivity index (χ2n) is 5.62. The molecule has 1 rings (SSSR count). The maximum absolute atomic E-state index is 4.55. The molecule has 1 aromatic rings. The summed E-state index contributed by atoms with van der Waals surface area (Å²) in [6.45, 7) is 4.57. The Labute approximate surface area is 123 Å². The van der Waals surface area contributed by atoms with E-state index in [4.69, 9.17) is 0 Å². The molecule has 0 fully saturated rings. The van der Waals surface area contributed by atoms with Gasteiger partial charge >= 0.3 is 0 Å². The fraction of sp³-hybridized carbons (Fsp3) is 0.824. The predicted octanol–water partition coefficient (Wildman–Crippen LogP) is 6.56. The molecule has 0 aliphatic rings. The Morgan fingerprint density at radius 2 is 1.47 bits per heavy atom. The summed E-state index contributed by atoms with van der Waals surface area (Å²) in [5.74, 6) is 0.735. The summed E-state index contributed by atoms with van der Waals surface area (Å²) in [4.78, 5) is 4.55. The lowest BCUT2D eigenvalue weighted by atomic mass is 9.95. The second kappa shape index (κ2) is 11.5. The summed E-state index contributed by atoms with van der Waals surface area (Å²) < 4.78 is 0. The van der Waals surface area contributed by atoms with Crippen LogP contribution in [0, 0.1) is 0 Å². The van der Waals surface area contributed by atoms with E-state index in [0.717, 1.165) is 5.92 Å². The fourth-order valence-electron chi connectivity index (χ4n) is 2.64. The first-order valence-corrected chi connectivity index (χ1v) is 9.15. The molecule has 110 valence electrons. The molecule has 0 saturated carbocycles. The van der Waals surface area contributed by atoms with Gasteiger partial charge in [0.05, 0.1) is 5.01 Å². The highest BCUT2D eigenvalue weighted by Gasteiger charge is 2.13. The van der Waals surface area contributed by atoms with Crippen molar-refractivity contribution < 1.29 is 0 Å². The zero-order valence-electron chi connectivity index (χ0n) is 12.9. The molecule has 0 spiro atoms. The van der Waals surface area contributed by atoms with Crippen molar-refractivity contribution in [3.63, 3.8) is 0 Å². The maximum Gasteiger partial charge on any atom is 0.0955 e. The van der Waals surface area contributed by atoms with Crippen LogP contribution in [0.15, 0.2) is 11.6 Å². The van der Waals surface area contributed by atoms with E-state index in [-0.39, 0.29) is 0 Å². The van der Waals surface area contributed by atoms with Crippen molar-refractivity contribution in [1.82, 2.24) is 4.98 Å². The zero-order valence-corrected chi connectivity index (χ0v) is 13.7. The van der Waals surface area contributed by atoms with Gasteiger partial charge in [-0.25, -0.2) is 4.98 Å². The highest BCUT2D eigenvalue weighted by molar-refractivity contribution is 7.09. The molecule has 1 atom stereocenters. The van der Waals surface area contributed by atoms with Gasteiger partial charge < -0.3 is 0 Å². The number of rotatable bonds is 12. The Morgan fingerprint density at radius 1 is 0.895 bits per heavy atom. The van der Waals surface area contributed by atoms with E-state index >= 15 is 0 Å². The highest BCUT2D eigenvalue weighted by atomic mass is 32.1. The molecule has 0 saturated heterocycles. The number of thiazole rings is 1. The molecule has 0 amide bonds. The summed E-state index contributed by atoms with van der Waals surface area (Å²) in [7, 11) is 0. The van der Waals surface area contributed by atoms with Crippen LogP contribution in [0.1, 0.15) is 95.4 Å². The molecule has 1 heterocycles. The summed E-state index contributed by atoms with van der Waals surface area (Å²) in [5.41, 5.74) is 0. The Morgan fingerprint density at radius 3 is 2.00 bits per heavy atom. The van der Waals surface area contributed by atoms with Crippen LogP contribution in [0.25, 0.3) is 0 Å². The molecule has 0 aromatic carbocycles. The van der Waals surface area contributed by atoms with Crippen LogP contribution in [-0.2, 0) is 0 Å². The molecule has 0 aliphatic carbocycles. The Balaban J connectivity index is 2.25. The van der Waals surface area contributed by atoms with E-state index in [0.29, 0.717) is 0 Å². The van der Waals surface area contributed by atoms with Gasteiger partial charge in [-0.1, -0.05) is 71.6 Å². The molecule has 2 heteroatoms. The van der Waals surface area contributed by atoms with Crippen LogP contribution < -0.4 is 0 Å². The normalized spacial score (nSPS) is 12.7. The van der Waals surface area contributed by atoms with E-state index < -0.39 is 0 Å². The van der Waals surface area contributed by atoms with E-state index in [2.05, 4.69) is 24.2 Å². The number of nitrogens with zero attached hydrogens (tertiary/aromatic N) is 1. The van der Waals surface area contributed by atoms with Crippen molar-refractivity contribution in [2.75, 3.05) is 0 Å². The first-order chi connectivity index (χ1) is 9.38. The van der Waals surface area contributed by atoms with Crippen molar-refractivity contribution in [1.29, 1.82) is 0 Å². The maximum atomic E-state index is 4.55. The minimum Gasteiger partial charge on any atom is -0.249 e. The molecule has 0 N–H and O–H groups in total. The van der Waals surface area contributed by atoms with Crippen LogP contribution in [0.2, 0.25) is 0 Å². The molecule has 0 bridgehead atoms. The number of aromatic nitrogens is 1. The molecular weight excluding hydrogens is 250 g/mol. The third-order valence-corrected chi connectivity index (χ3v) is 4.80. The third-order valence-electron chi connectivity index (χ3n) is 3.86. The van der Waals surface area contributed by atoms with E-state index in [9.17, 15) is 0 Å². The van der Waals surface area contributed by atoms with Gasteiger partial charge in [0.1, 0.15) is 0 Å². The topological polar surface area (TPSA) is 12.9 Å². The number of hydrogen-bond donors (Lipinski definition) is 0. The van der Waals surface area contributed by atoms with Crippen molar-refractivity contribution >= 4 is 11.3 Å². The average molecular weight is 282 g/mol. The zero-order chi connectivity index (χ0) is 13.8. The molecule has 1 aromatic heterocycles. The summed E-state index contributed by atoms with van der Waals surface area (Å²) in [6, 6.07) is 0. The fourth-order valence-corrected chi connectivity index (χ4v) is 3.45. The van der Waals surface area contributed by atoms with Gasteiger partial charge in [-0.05, 0) is 12.8 Å². The van der Waals surface area contributed by atoms with Crippen molar-refractivity contribution in [3.8, 4) is 0 Å². The molecule has 19 heavy (non-hydrogen) atoms. The van der Waals surface area contributed by atoms with Crippen molar-refractivity contribution in [3.05, 3.63) is 16.6 Å². The minimum absolute atomic E-state index is 0.735. The van der Waals surface area contributed by atoms with Gasteiger partial charge in [-0.3, -0.25) is 0 Å². The highest BCUT2D eigenvalue weighted by Crippen LogP contribution is 2.29. The van der Waals surface area contributed by atoms with E-state index in [1.165, 1.54) is 75.6 Å². The number of unbranched alkanes of at least 4 members (excludes halogenated alkanes) is 7. The summed E-state index contributed by atoms with van der Waals surface area (Å²) >= 11 is 1.85. The van der Waals surface area contributed by atoms with Gasteiger partial charge in [-0.15, -0.1) is 11.3 Å². The van der Waals surface area contributed by atoms with Crippen molar-refractivity contribution in [2.45, 2.75) is 90.4 Å². The Hall–Kier alpha value is -0.370. The summed E-state index contributed by atoms with van der Waals surface area (Å²) in [6.07, 6.45) is 17.1. The molecular formula is C17H31NS. The lowest BCUT2D eigenvalue weighted by Crippen LogP contribution is -1.99. The quantitative estimate of drug-likeness (QED) is 0.395. The Kier molecular flexibility index (Phi) is 10.1. The van der Waals surface area contributed by atoms with Crippen LogP contribution in [0.5, 0.6) is 0 Å². The first-order valence-electron chi connectivity index (χ1n) is 8.27. The molecule has 1 unspecified atom stereocenters. The minimum atomic E-state index is 0.735. The lowest BCUT2D eigenvalue weighted by Gasteiger charge is -2.14. The second-order valence-corrected chi connectivity index (χ2v) is 6.55. The van der Waals surface area contributed by atoms with Gasteiger partial charge in [0.2, 0.25) is 0 Å². The van der Waals surface area contributed by atoms with Crippen molar-refractivity contribution in [2.24, 2.45) is 0 Å². The standard InChI is InChI=1S/C17H31NS/c1-3-5-7-9-11-13-16(12-10-8-6-4-2)17-18-14-15-19-17/h14-16H,3-13H2,1-2H3. The smallest absolute Gasteiger partial charge is 0.0955 e. The van der Waals surface area contributed by atoms with Gasteiger partial charge in [0.15, 0.2) is 0 Å². The van der Waals surface area contributed by atoms with Gasteiger partial charge in [0.25, 0.3) is 0 Å². The molecule has 1 nitrogen and oxygen atoms in total. The van der Waals surface area contributed by atoms with Crippen LogP contribution in [0.3, 0.4) is 0 Å².